The second-order valence-corrected chi connectivity index (χ2v) is 3.77. The number of hydrogen-bond donors (Lipinski definition) is 3. The van der Waals surface area contributed by atoms with Crippen LogP contribution in [0.4, 0.5) is 4.79 Å². The Balaban J connectivity index is 2.37. The number of carbonyl (C=O) groups excluding carboxylic acids is 2. The monoisotopic (exact) mass is 251 g/mol. The summed E-state index contributed by atoms with van der Waals surface area (Å²) in [6.45, 7) is 1.12. The number of imide groups is 1. The maximum atomic E-state index is 11.1. The second kappa shape index (κ2) is 7.41. The highest BCUT2D eigenvalue weighted by Gasteiger charge is 2.03. The Morgan fingerprint density at radius 1 is 1.33 bits per heavy atom. The molecule has 0 aliphatic carbocycles. The molecule has 0 saturated heterocycles. The Hall–Kier alpha value is -1.92. The molecule has 0 aliphatic rings. The van der Waals surface area contributed by atoms with Crippen molar-refractivity contribution in [1.82, 2.24) is 10.6 Å². The zero-order chi connectivity index (χ0) is 13.4. The molecular formula is C12H17N3O3. The molecule has 98 valence electrons. The number of ether oxygens (including phenoxy) is 1. The lowest BCUT2D eigenvalue weighted by atomic mass is 10.1. The van der Waals surface area contributed by atoms with Crippen LogP contribution in [0.15, 0.2) is 24.3 Å². The minimum absolute atomic E-state index is 0.0391. The van der Waals surface area contributed by atoms with E-state index >= 15 is 0 Å². The van der Waals surface area contributed by atoms with Crippen LogP contribution >= 0.6 is 0 Å². The Morgan fingerprint density at radius 2 is 2.06 bits per heavy atom. The highest BCUT2D eigenvalue weighted by atomic mass is 16.5. The van der Waals surface area contributed by atoms with E-state index in [4.69, 9.17) is 10.5 Å². The van der Waals surface area contributed by atoms with Gasteiger partial charge in [-0.05, 0) is 11.1 Å². The van der Waals surface area contributed by atoms with E-state index in [1.807, 2.05) is 29.6 Å². The van der Waals surface area contributed by atoms with Gasteiger partial charge in [0.05, 0.1) is 13.2 Å². The molecule has 0 atom stereocenters. The fourth-order valence-corrected chi connectivity index (χ4v) is 1.50. The molecule has 3 amide bonds. The van der Waals surface area contributed by atoms with E-state index in [2.05, 4.69) is 5.32 Å². The lowest BCUT2D eigenvalue weighted by molar-refractivity contribution is -0.119. The molecule has 4 N–H and O–H groups in total. The number of carbonyl (C=O) groups is 2. The van der Waals surface area contributed by atoms with E-state index in [0.29, 0.717) is 13.2 Å². The molecule has 6 heteroatoms. The van der Waals surface area contributed by atoms with E-state index in [1.54, 1.807) is 7.11 Å². The van der Waals surface area contributed by atoms with Crippen LogP contribution in [0.1, 0.15) is 11.1 Å². The molecule has 1 aromatic rings. The van der Waals surface area contributed by atoms with Gasteiger partial charge >= 0.3 is 6.03 Å². The number of rotatable bonds is 6. The molecule has 0 aromatic heterocycles. The Morgan fingerprint density at radius 3 is 2.72 bits per heavy atom. The van der Waals surface area contributed by atoms with Gasteiger partial charge in [0.1, 0.15) is 0 Å². The average molecular weight is 251 g/mol. The molecule has 1 rings (SSSR count). The van der Waals surface area contributed by atoms with Crippen LogP contribution in [0.3, 0.4) is 0 Å². The molecule has 0 aliphatic heterocycles. The summed E-state index contributed by atoms with van der Waals surface area (Å²) in [6, 6.07) is 6.98. The molecule has 0 bridgehead atoms. The maximum absolute atomic E-state index is 11.1. The Kier molecular flexibility index (Phi) is 5.83. The topological polar surface area (TPSA) is 93.4 Å². The molecule has 0 spiro atoms. The number of benzene rings is 1. The van der Waals surface area contributed by atoms with Gasteiger partial charge in [-0.2, -0.15) is 0 Å². The predicted molar refractivity (Wildman–Crippen MR) is 66.6 cm³/mol. The minimum atomic E-state index is -0.844. The first kappa shape index (κ1) is 14.1. The molecule has 18 heavy (non-hydrogen) atoms. The highest BCUT2D eigenvalue weighted by Crippen LogP contribution is 2.05. The molecule has 1 aromatic carbocycles. The first-order valence-electron chi connectivity index (χ1n) is 5.48. The van der Waals surface area contributed by atoms with Crippen LogP contribution < -0.4 is 16.4 Å². The lowest BCUT2D eigenvalue weighted by Crippen LogP contribution is -2.40. The van der Waals surface area contributed by atoms with Crippen LogP contribution in [-0.4, -0.2) is 25.6 Å². The van der Waals surface area contributed by atoms with Crippen molar-refractivity contribution >= 4 is 11.9 Å². The molecular weight excluding hydrogens is 234 g/mol. The number of nitrogens with two attached hydrogens (primary N) is 1. The van der Waals surface area contributed by atoms with Crippen LogP contribution in [0.2, 0.25) is 0 Å². The van der Waals surface area contributed by atoms with Gasteiger partial charge in [-0.15, -0.1) is 0 Å². The van der Waals surface area contributed by atoms with E-state index in [-0.39, 0.29) is 6.54 Å². The SMILES string of the molecule is COCc1cccc(CNCC(=O)NC(N)=O)c1. The van der Waals surface area contributed by atoms with Gasteiger partial charge in [-0.3, -0.25) is 10.1 Å². The van der Waals surface area contributed by atoms with E-state index < -0.39 is 11.9 Å². The van der Waals surface area contributed by atoms with Crippen LogP contribution in [-0.2, 0) is 22.7 Å². The zero-order valence-electron chi connectivity index (χ0n) is 10.2. The Bertz CT molecular complexity index is 421. The van der Waals surface area contributed by atoms with Crippen molar-refractivity contribution in [2.24, 2.45) is 5.73 Å². The maximum Gasteiger partial charge on any atom is 0.318 e. The fourth-order valence-electron chi connectivity index (χ4n) is 1.50. The van der Waals surface area contributed by atoms with Crippen molar-refractivity contribution in [2.75, 3.05) is 13.7 Å². The van der Waals surface area contributed by atoms with E-state index in [1.165, 1.54) is 0 Å². The second-order valence-electron chi connectivity index (χ2n) is 3.77. The van der Waals surface area contributed by atoms with Crippen LogP contribution in [0.5, 0.6) is 0 Å². The molecule has 0 fully saturated rings. The molecule has 0 saturated carbocycles. The molecule has 0 unspecified atom stereocenters. The standard InChI is InChI=1S/C12H17N3O3/c1-18-8-10-4-2-3-9(5-10)6-14-7-11(16)15-12(13)17/h2-5,14H,6-8H2,1H3,(H3,13,15,16,17). The molecule has 6 nitrogen and oxygen atoms in total. The van der Waals surface area contributed by atoms with Crippen LogP contribution in [0, 0.1) is 0 Å². The quantitative estimate of drug-likeness (QED) is 0.669. The zero-order valence-corrected chi connectivity index (χ0v) is 10.2. The van der Waals surface area contributed by atoms with Gasteiger partial charge < -0.3 is 15.8 Å². The van der Waals surface area contributed by atoms with Gasteiger partial charge in [-0.25, -0.2) is 4.79 Å². The molecule has 0 heterocycles. The fraction of sp³-hybridized carbons (Fsp3) is 0.333. The predicted octanol–water partition coefficient (Wildman–Crippen LogP) is 0.118. The summed E-state index contributed by atoms with van der Waals surface area (Å²) in [7, 11) is 1.64. The third kappa shape index (κ3) is 5.42. The number of primary amides is 1. The number of methoxy groups -OCH3 is 1. The van der Waals surface area contributed by atoms with E-state index in [0.717, 1.165) is 11.1 Å². The number of urea groups is 1. The van der Waals surface area contributed by atoms with Crippen molar-refractivity contribution in [3.05, 3.63) is 35.4 Å². The first-order chi connectivity index (χ1) is 8.61. The summed E-state index contributed by atoms with van der Waals surface area (Å²) in [6.07, 6.45) is 0. The van der Waals surface area contributed by atoms with Gasteiger partial charge in [-0.1, -0.05) is 24.3 Å². The summed E-state index contributed by atoms with van der Waals surface area (Å²) in [5.41, 5.74) is 6.92. The molecule has 0 radical (unpaired) electrons. The van der Waals surface area contributed by atoms with E-state index in [9.17, 15) is 9.59 Å². The third-order valence-corrected chi connectivity index (χ3v) is 2.18. The number of hydrogen-bond acceptors (Lipinski definition) is 4. The third-order valence-electron chi connectivity index (χ3n) is 2.18. The highest BCUT2D eigenvalue weighted by molar-refractivity contribution is 5.94. The largest absolute Gasteiger partial charge is 0.380 e. The smallest absolute Gasteiger partial charge is 0.318 e. The van der Waals surface area contributed by atoms with Gasteiger partial charge in [0.25, 0.3) is 0 Å². The summed E-state index contributed by atoms with van der Waals surface area (Å²) in [5, 5.41) is 4.89. The number of nitrogens with one attached hydrogen (secondary N) is 2. The average Bonchev–Trinajstić information content (AvgIpc) is 2.29. The van der Waals surface area contributed by atoms with Gasteiger partial charge in [0, 0.05) is 13.7 Å². The summed E-state index contributed by atoms with van der Waals surface area (Å²) < 4.78 is 5.03. The van der Waals surface area contributed by atoms with Crippen molar-refractivity contribution in [3.8, 4) is 0 Å². The van der Waals surface area contributed by atoms with Crippen LogP contribution in [0.25, 0.3) is 0 Å². The number of amides is 3. The van der Waals surface area contributed by atoms with Crippen molar-refractivity contribution in [2.45, 2.75) is 13.2 Å². The summed E-state index contributed by atoms with van der Waals surface area (Å²) in [5.74, 6) is -0.449. The minimum Gasteiger partial charge on any atom is -0.380 e. The first-order valence-corrected chi connectivity index (χ1v) is 5.48. The lowest BCUT2D eigenvalue weighted by Gasteiger charge is -2.06. The Labute approximate surface area is 105 Å². The van der Waals surface area contributed by atoms with Crippen molar-refractivity contribution in [3.63, 3.8) is 0 Å². The van der Waals surface area contributed by atoms with Gasteiger partial charge in [0.2, 0.25) is 5.91 Å². The normalized spacial score (nSPS) is 10.1. The van der Waals surface area contributed by atoms with Crippen molar-refractivity contribution in [1.29, 1.82) is 0 Å². The summed E-state index contributed by atoms with van der Waals surface area (Å²) >= 11 is 0. The summed E-state index contributed by atoms with van der Waals surface area (Å²) in [4.78, 5) is 21.5. The van der Waals surface area contributed by atoms with Gasteiger partial charge in [0.15, 0.2) is 0 Å². The van der Waals surface area contributed by atoms with Crippen molar-refractivity contribution < 1.29 is 14.3 Å².